The fourth-order valence-corrected chi connectivity index (χ4v) is 5.66. The molecule has 1 aromatic carbocycles. The van der Waals surface area contributed by atoms with Crippen LogP contribution in [0.2, 0.25) is 0 Å². The van der Waals surface area contributed by atoms with E-state index < -0.39 is 21.6 Å². The molecule has 0 amide bonds. The number of nitrogens with two attached hydrogens (primary N) is 1. The van der Waals surface area contributed by atoms with Crippen LogP contribution in [0.25, 0.3) is 10.8 Å². The first kappa shape index (κ1) is 19.8. The molecule has 1 saturated heterocycles. The number of sulfonamides is 1. The van der Waals surface area contributed by atoms with Gasteiger partial charge in [0, 0.05) is 36.1 Å². The van der Waals surface area contributed by atoms with Crippen molar-refractivity contribution in [3.05, 3.63) is 63.2 Å². The number of carbonyl (C=O) groups excluding carboxylic acids is 1. The molecule has 0 saturated carbocycles. The first-order valence-corrected chi connectivity index (χ1v) is 11.3. The van der Waals surface area contributed by atoms with Gasteiger partial charge < -0.3 is 10.5 Å². The molecule has 0 bridgehead atoms. The number of fused-ring (bicyclic) bond motifs is 1. The zero-order chi connectivity index (χ0) is 20.6. The minimum atomic E-state index is -3.76. The SMILES string of the molecule is N[C@@H]1CCN(S(=O)(=O)c2cccc3c(=O)n(COC(=O)c4cccs4)ccc23)C1. The number of thiophene rings is 1. The summed E-state index contributed by atoms with van der Waals surface area (Å²) in [5.41, 5.74) is 5.42. The third-order valence-corrected chi connectivity index (χ3v) is 7.61. The molecule has 1 atom stereocenters. The van der Waals surface area contributed by atoms with Gasteiger partial charge in [0.25, 0.3) is 5.56 Å². The molecule has 3 heterocycles. The third kappa shape index (κ3) is 3.71. The Morgan fingerprint density at radius 2 is 2.03 bits per heavy atom. The first-order valence-electron chi connectivity index (χ1n) is 8.96. The van der Waals surface area contributed by atoms with E-state index in [1.165, 1.54) is 38.5 Å². The van der Waals surface area contributed by atoms with Crippen molar-refractivity contribution in [1.82, 2.24) is 8.87 Å². The summed E-state index contributed by atoms with van der Waals surface area (Å²) in [5.74, 6) is -0.520. The summed E-state index contributed by atoms with van der Waals surface area (Å²) in [4.78, 5) is 25.3. The smallest absolute Gasteiger partial charge is 0.350 e. The van der Waals surface area contributed by atoms with E-state index in [9.17, 15) is 18.0 Å². The van der Waals surface area contributed by atoms with E-state index in [-0.39, 0.29) is 29.6 Å². The minimum absolute atomic E-state index is 0.0731. The van der Waals surface area contributed by atoms with Gasteiger partial charge in [-0.2, -0.15) is 4.31 Å². The zero-order valence-electron chi connectivity index (χ0n) is 15.4. The van der Waals surface area contributed by atoms with Crippen LogP contribution in [0.3, 0.4) is 0 Å². The van der Waals surface area contributed by atoms with Crippen molar-refractivity contribution in [2.75, 3.05) is 13.1 Å². The molecule has 0 radical (unpaired) electrons. The van der Waals surface area contributed by atoms with Crippen LogP contribution in [-0.4, -0.2) is 42.4 Å². The number of hydrogen-bond donors (Lipinski definition) is 1. The lowest BCUT2D eigenvalue weighted by molar-refractivity contribution is 0.0373. The molecule has 1 fully saturated rings. The predicted molar refractivity (Wildman–Crippen MR) is 109 cm³/mol. The van der Waals surface area contributed by atoms with Gasteiger partial charge in [-0.3, -0.25) is 9.36 Å². The fourth-order valence-electron chi connectivity index (χ4n) is 3.32. The van der Waals surface area contributed by atoms with Gasteiger partial charge in [-0.25, -0.2) is 13.2 Å². The molecule has 1 aliphatic rings. The lowest BCUT2D eigenvalue weighted by Gasteiger charge is -2.17. The van der Waals surface area contributed by atoms with Crippen molar-refractivity contribution in [3.63, 3.8) is 0 Å². The number of pyridine rings is 1. The summed E-state index contributed by atoms with van der Waals surface area (Å²) in [7, 11) is -3.76. The summed E-state index contributed by atoms with van der Waals surface area (Å²) in [6.07, 6.45) is 2.04. The molecule has 10 heteroatoms. The summed E-state index contributed by atoms with van der Waals surface area (Å²) in [5, 5.41) is 2.33. The summed E-state index contributed by atoms with van der Waals surface area (Å²) in [6, 6.07) is 9.32. The molecule has 0 spiro atoms. The van der Waals surface area contributed by atoms with E-state index >= 15 is 0 Å². The maximum absolute atomic E-state index is 13.0. The lowest BCUT2D eigenvalue weighted by atomic mass is 10.2. The highest BCUT2D eigenvalue weighted by Gasteiger charge is 2.32. The topological polar surface area (TPSA) is 112 Å². The third-order valence-electron chi connectivity index (χ3n) is 4.84. The van der Waals surface area contributed by atoms with Gasteiger partial charge >= 0.3 is 5.97 Å². The zero-order valence-corrected chi connectivity index (χ0v) is 17.0. The summed E-state index contributed by atoms with van der Waals surface area (Å²) >= 11 is 1.25. The van der Waals surface area contributed by atoms with Crippen molar-refractivity contribution < 1.29 is 17.9 Å². The quantitative estimate of drug-likeness (QED) is 0.612. The second-order valence-corrected chi connectivity index (χ2v) is 9.61. The van der Waals surface area contributed by atoms with Crippen LogP contribution in [0.4, 0.5) is 0 Å². The van der Waals surface area contributed by atoms with Crippen molar-refractivity contribution >= 4 is 38.1 Å². The predicted octanol–water partition coefficient (Wildman–Crippen LogP) is 1.60. The molecule has 4 rings (SSSR count). The Morgan fingerprint density at radius 1 is 1.21 bits per heavy atom. The van der Waals surface area contributed by atoms with Crippen molar-refractivity contribution in [3.8, 4) is 0 Å². The standard InChI is InChI=1S/C19H19N3O5S2/c20-13-6-9-22(11-13)29(25,26)17-5-1-3-15-14(17)7-8-21(18(15)23)12-27-19(24)16-4-2-10-28-16/h1-5,7-8,10,13H,6,9,11-12,20H2/t13-/m1/s1. The molecule has 0 aliphatic carbocycles. The Morgan fingerprint density at radius 3 is 2.72 bits per heavy atom. The van der Waals surface area contributed by atoms with Gasteiger partial charge in [-0.05, 0) is 36.1 Å². The van der Waals surface area contributed by atoms with Crippen LogP contribution in [-0.2, 0) is 21.5 Å². The van der Waals surface area contributed by atoms with E-state index in [0.29, 0.717) is 23.2 Å². The Bertz CT molecular complexity index is 1220. The van der Waals surface area contributed by atoms with Gasteiger partial charge in [0.05, 0.1) is 4.90 Å². The highest BCUT2D eigenvalue weighted by atomic mass is 32.2. The lowest BCUT2D eigenvalue weighted by Crippen LogP contribution is -2.32. The van der Waals surface area contributed by atoms with Gasteiger partial charge in [-0.1, -0.05) is 12.1 Å². The Labute approximate surface area is 171 Å². The Balaban J connectivity index is 1.66. The number of ether oxygens (including phenoxy) is 1. The largest absolute Gasteiger partial charge is 0.440 e. The number of benzene rings is 1. The summed E-state index contributed by atoms with van der Waals surface area (Å²) in [6.45, 7) is 0.355. The van der Waals surface area contributed by atoms with Gasteiger partial charge in [0.1, 0.15) is 4.88 Å². The van der Waals surface area contributed by atoms with E-state index in [4.69, 9.17) is 10.5 Å². The second-order valence-electron chi connectivity index (χ2n) is 6.76. The first-order chi connectivity index (χ1) is 13.9. The molecule has 8 nitrogen and oxygen atoms in total. The van der Waals surface area contributed by atoms with Crippen molar-refractivity contribution in [1.29, 1.82) is 0 Å². The average molecular weight is 434 g/mol. The van der Waals surface area contributed by atoms with Crippen LogP contribution in [0.5, 0.6) is 0 Å². The van der Waals surface area contributed by atoms with E-state index in [2.05, 4.69) is 0 Å². The highest BCUT2D eigenvalue weighted by Crippen LogP contribution is 2.26. The average Bonchev–Trinajstić information content (AvgIpc) is 3.39. The van der Waals surface area contributed by atoms with Crippen molar-refractivity contribution in [2.45, 2.75) is 24.1 Å². The monoisotopic (exact) mass is 433 g/mol. The maximum atomic E-state index is 13.0. The Hall–Kier alpha value is -2.53. The highest BCUT2D eigenvalue weighted by molar-refractivity contribution is 7.89. The fraction of sp³-hybridized carbons (Fsp3) is 0.263. The summed E-state index contributed by atoms with van der Waals surface area (Å²) < 4.78 is 33.8. The Kier molecular flexibility index (Phi) is 5.26. The van der Waals surface area contributed by atoms with Crippen LogP contribution < -0.4 is 11.3 Å². The molecule has 2 aromatic heterocycles. The van der Waals surface area contributed by atoms with E-state index in [1.807, 2.05) is 0 Å². The number of aromatic nitrogens is 1. The van der Waals surface area contributed by atoms with Gasteiger partial charge in [0.2, 0.25) is 10.0 Å². The van der Waals surface area contributed by atoms with Gasteiger partial charge in [0.15, 0.2) is 6.73 Å². The number of carbonyl (C=O) groups is 1. The molecule has 3 aromatic rings. The van der Waals surface area contributed by atoms with Crippen LogP contribution in [0.15, 0.2) is 57.7 Å². The second kappa shape index (κ2) is 7.71. The van der Waals surface area contributed by atoms with Crippen LogP contribution in [0.1, 0.15) is 16.1 Å². The molecular formula is C19H19N3O5S2. The molecule has 152 valence electrons. The maximum Gasteiger partial charge on any atom is 0.350 e. The number of hydrogen-bond acceptors (Lipinski definition) is 7. The minimum Gasteiger partial charge on any atom is -0.440 e. The number of esters is 1. The normalized spacial score (nSPS) is 17.6. The van der Waals surface area contributed by atoms with Crippen molar-refractivity contribution in [2.24, 2.45) is 5.73 Å². The molecule has 1 aliphatic heterocycles. The van der Waals surface area contributed by atoms with E-state index in [0.717, 1.165) is 0 Å². The van der Waals surface area contributed by atoms with Crippen LogP contribution in [0, 0.1) is 0 Å². The number of nitrogens with zero attached hydrogens (tertiary/aromatic N) is 2. The van der Waals surface area contributed by atoms with E-state index in [1.54, 1.807) is 29.6 Å². The molecule has 29 heavy (non-hydrogen) atoms. The molecule has 0 unspecified atom stereocenters. The molecular weight excluding hydrogens is 414 g/mol. The van der Waals surface area contributed by atoms with Gasteiger partial charge in [-0.15, -0.1) is 11.3 Å². The van der Waals surface area contributed by atoms with Crippen LogP contribution >= 0.6 is 11.3 Å². The molecule has 2 N–H and O–H groups in total. The number of rotatable bonds is 5.